The predicted molar refractivity (Wildman–Crippen MR) is 67.0 cm³/mol. The molecule has 0 aliphatic carbocycles. The Morgan fingerprint density at radius 1 is 1.06 bits per heavy atom. The number of pyridine rings is 1. The van der Waals surface area contributed by atoms with Gasteiger partial charge in [-0.05, 0) is 48.7 Å². The molecule has 1 aromatic carbocycles. The third-order valence-electron chi connectivity index (χ3n) is 2.75. The summed E-state index contributed by atoms with van der Waals surface area (Å²) < 4.78 is 5.57. The smallest absolute Gasteiger partial charge is 0.248 e. The number of nitrogens with one attached hydrogen (secondary N) is 1. The first-order chi connectivity index (χ1) is 8.22. The zero-order valence-electron chi connectivity index (χ0n) is 9.36. The van der Waals surface area contributed by atoms with Crippen LogP contribution in [0, 0.1) is 6.92 Å². The Morgan fingerprint density at radius 3 is 2.71 bits per heavy atom. The highest BCUT2D eigenvalue weighted by Crippen LogP contribution is 2.24. The molecule has 0 radical (unpaired) electrons. The summed E-state index contributed by atoms with van der Waals surface area (Å²) in [4.78, 5) is 14.0. The first-order valence-electron chi connectivity index (χ1n) is 5.42. The summed E-state index contributed by atoms with van der Waals surface area (Å²) in [5.41, 5.74) is 1.77. The van der Waals surface area contributed by atoms with Gasteiger partial charge in [0.15, 0.2) is 0 Å². The lowest BCUT2D eigenvalue weighted by Crippen LogP contribution is -2.01. The second-order valence-electron chi connectivity index (χ2n) is 4.03. The number of rotatable bonds is 1. The molecule has 0 fully saturated rings. The van der Waals surface area contributed by atoms with E-state index in [1.165, 1.54) is 6.07 Å². The number of hydrogen-bond donors (Lipinski definition) is 1. The molecule has 0 spiro atoms. The lowest BCUT2D eigenvalue weighted by molar-refractivity contribution is 0.548. The average Bonchev–Trinajstić information content (AvgIpc) is 2.75. The highest BCUT2D eigenvalue weighted by molar-refractivity contribution is 5.83. The molecule has 17 heavy (non-hydrogen) atoms. The quantitative estimate of drug-likeness (QED) is 0.691. The topological polar surface area (TPSA) is 46.0 Å². The van der Waals surface area contributed by atoms with Crippen LogP contribution in [0.2, 0.25) is 0 Å². The monoisotopic (exact) mass is 225 g/mol. The zero-order chi connectivity index (χ0) is 11.8. The Balaban J connectivity index is 2.20. The molecule has 0 unspecified atom stereocenters. The molecule has 0 saturated heterocycles. The molecule has 1 N–H and O–H groups in total. The zero-order valence-corrected chi connectivity index (χ0v) is 9.36. The van der Waals surface area contributed by atoms with Crippen LogP contribution < -0.4 is 5.56 Å². The summed E-state index contributed by atoms with van der Waals surface area (Å²) in [5.74, 6) is 1.73. The number of aromatic nitrogens is 1. The third kappa shape index (κ3) is 1.76. The van der Waals surface area contributed by atoms with Gasteiger partial charge < -0.3 is 9.40 Å². The Hall–Kier alpha value is -2.29. The van der Waals surface area contributed by atoms with E-state index >= 15 is 0 Å². The minimum absolute atomic E-state index is 0.0842. The summed E-state index contributed by atoms with van der Waals surface area (Å²) in [5, 5.41) is 0.996. The second-order valence-corrected chi connectivity index (χ2v) is 4.03. The molecule has 0 bridgehead atoms. The lowest BCUT2D eigenvalue weighted by Gasteiger charge is -2.00. The van der Waals surface area contributed by atoms with Crippen molar-refractivity contribution in [3.8, 4) is 11.3 Å². The van der Waals surface area contributed by atoms with Gasteiger partial charge in [0.25, 0.3) is 0 Å². The predicted octanol–water partition coefficient (Wildman–Crippen LogP) is 3.10. The van der Waals surface area contributed by atoms with Crippen LogP contribution in [-0.2, 0) is 0 Å². The van der Waals surface area contributed by atoms with Crippen LogP contribution in [0.3, 0.4) is 0 Å². The van der Waals surface area contributed by atoms with Crippen LogP contribution in [0.5, 0.6) is 0 Å². The fourth-order valence-electron chi connectivity index (χ4n) is 1.90. The van der Waals surface area contributed by atoms with Crippen molar-refractivity contribution in [1.29, 1.82) is 0 Å². The van der Waals surface area contributed by atoms with Crippen LogP contribution >= 0.6 is 0 Å². The molecule has 0 atom stereocenters. The van der Waals surface area contributed by atoms with Crippen molar-refractivity contribution in [2.24, 2.45) is 0 Å². The normalized spacial score (nSPS) is 10.9. The first-order valence-corrected chi connectivity index (χ1v) is 5.42. The molecule has 3 heteroatoms. The average molecular weight is 225 g/mol. The highest BCUT2D eigenvalue weighted by Gasteiger charge is 2.03. The summed E-state index contributed by atoms with van der Waals surface area (Å²) in [6, 6.07) is 13.1. The van der Waals surface area contributed by atoms with Gasteiger partial charge in [-0.25, -0.2) is 0 Å². The van der Waals surface area contributed by atoms with Gasteiger partial charge >= 0.3 is 0 Å². The van der Waals surface area contributed by atoms with E-state index in [2.05, 4.69) is 4.98 Å². The number of H-pyrrole nitrogens is 1. The molecule has 0 amide bonds. The summed E-state index contributed by atoms with van der Waals surface area (Å²) in [6.45, 7) is 1.92. The van der Waals surface area contributed by atoms with E-state index in [4.69, 9.17) is 4.42 Å². The molecule has 3 nitrogen and oxygen atoms in total. The van der Waals surface area contributed by atoms with Crippen LogP contribution in [0.4, 0.5) is 0 Å². The van der Waals surface area contributed by atoms with Gasteiger partial charge in [-0.1, -0.05) is 0 Å². The molecular weight excluding hydrogens is 214 g/mol. The minimum atomic E-state index is -0.0842. The maximum atomic E-state index is 11.2. The van der Waals surface area contributed by atoms with Crippen molar-refractivity contribution in [2.45, 2.75) is 6.92 Å². The Labute approximate surface area is 97.7 Å². The van der Waals surface area contributed by atoms with Crippen LogP contribution in [0.15, 0.2) is 51.7 Å². The van der Waals surface area contributed by atoms with Gasteiger partial charge in [0.05, 0.1) is 0 Å². The Bertz CT molecular complexity index is 737. The van der Waals surface area contributed by atoms with Gasteiger partial charge in [0.1, 0.15) is 11.5 Å². The van der Waals surface area contributed by atoms with Crippen molar-refractivity contribution in [3.05, 3.63) is 58.6 Å². The van der Waals surface area contributed by atoms with Crippen molar-refractivity contribution in [1.82, 2.24) is 4.98 Å². The molecule has 2 aromatic heterocycles. The SMILES string of the molecule is Cc1ccc(-c2ccc3[nH]c(=O)ccc3c2)o1. The fourth-order valence-corrected chi connectivity index (χ4v) is 1.90. The Kier molecular flexibility index (Phi) is 2.11. The summed E-state index contributed by atoms with van der Waals surface area (Å²) >= 11 is 0. The van der Waals surface area contributed by atoms with Gasteiger partial charge in [0.2, 0.25) is 5.56 Å². The van der Waals surface area contributed by atoms with Crippen LogP contribution in [-0.4, -0.2) is 4.98 Å². The number of benzene rings is 1. The number of fused-ring (bicyclic) bond motifs is 1. The molecule has 0 aliphatic rings. The number of aromatic amines is 1. The van der Waals surface area contributed by atoms with E-state index in [0.29, 0.717) is 0 Å². The molecule has 84 valence electrons. The molecular formula is C14H11NO2. The van der Waals surface area contributed by atoms with Crippen molar-refractivity contribution < 1.29 is 4.42 Å². The maximum absolute atomic E-state index is 11.2. The first kappa shape index (κ1) is 9.90. The van der Waals surface area contributed by atoms with E-state index in [1.807, 2.05) is 43.3 Å². The van der Waals surface area contributed by atoms with Crippen molar-refractivity contribution in [2.75, 3.05) is 0 Å². The summed E-state index contributed by atoms with van der Waals surface area (Å²) in [7, 11) is 0. The summed E-state index contributed by atoms with van der Waals surface area (Å²) in [6.07, 6.45) is 0. The molecule has 2 heterocycles. The third-order valence-corrected chi connectivity index (χ3v) is 2.75. The molecule has 0 saturated carbocycles. The van der Waals surface area contributed by atoms with Crippen molar-refractivity contribution in [3.63, 3.8) is 0 Å². The molecule has 3 aromatic rings. The fraction of sp³-hybridized carbons (Fsp3) is 0.0714. The second kappa shape index (κ2) is 3.63. The van der Waals surface area contributed by atoms with Crippen molar-refractivity contribution >= 4 is 10.9 Å². The Morgan fingerprint density at radius 2 is 1.94 bits per heavy atom. The van der Waals surface area contributed by atoms with Gasteiger partial charge in [0, 0.05) is 17.1 Å². The van der Waals surface area contributed by atoms with E-state index in [1.54, 1.807) is 0 Å². The van der Waals surface area contributed by atoms with Gasteiger partial charge in [-0.3, -0.25) is 4.79 Å². The number of hydrogen-bond acceptors (Lipinski definition) is 2. The number of aryl methyl sites for hydroxylation is 1. The van der Waals surface area contributed by atoms with Crippen LogP contribution in [0.1, 0.15) is 5.76 Å². The van der Waals surface area contributed by atoms with Gasteiger partial charge in [-0.15, -0.1) is 0 Å². The van der Waals surface area contributed by atoms with E-state index in [9.17, 15) is 4.79 Å². The highest BCUT2D eigenvalue weighted by atomic mass is 16.3. The largest absolute Gasteiger partial charge is 0.461 e. The molecule has 0 aliphatic heterocycles. The standard InChI is InChI=1S/C14H11NO2/c1-9-2-6-13(17-9)11-3-5-12-10(8-11)4-7-14(16)15-12/h2-8H,1H3,(H,15,16). The van der Waals surface area contributed by atoms with Crippen LogP contribution in [0.25, 0.3) is 22.2 Å². The maximum Gasteiger partial charge on any atom is 0.248 e. The lowest BCUT2D eigenvalue weighted by atomic mass is 10.1. The van der Waals surface area contributed by atoms with E-state index in [0.717, 1.165) is 28.0 Å². The van der Waals surface area contributed by atoms with Gasteiger partial charge in [-0.2, -0.15) is 0 Å². The van der Waals surface area contributed by atoms with E-state index in [-0.39, 0.29) is 5.56 Å². The van der Waals surface area contributed by atoms with E-state index < -0.39 is 0 Å². The minimum Gasteiger partial charge on any atom is -0.461 e. The molecule has 3 rings (SSSR count). The number of furan rings is 1.